The molecule has 2 heterocycles. The molecule has 9 atom stereocenters. The summed E-state index contributed by atoms with van der Waals surface area (Å²) >= 11 is 0. The Morgan fingerprint density at radius 2 is 1.54 bits per heavy atom. The Bertz CT molecular complexity index is 1880. The summed E-state index contributed by atoms with van der Waals surface area (Å²) in [4.78, 5) is 81.4. The zero-order chi connectivity index (χ0) is 44.7. The number of carbonyl (C=O) groups excluding carboxylic acids is 5. The number of aromatic nitrogens is 2. The molecule has 344 valence electrons. The molecule has 5 N–H and O–H groups in total. The molecule has 4 saturated carbocycles. The van der Waals surface area contributed by atoms with Gasteiger partial charge >= 0.3 is 0 Å². The molecule has 0 bridgehead atoms. The van der Waals surface area contributed by atoms with Gasteiger partial charge in [0.05, 0.1) is 17.9 Å². The Kier molecular flexibility index (Phi) is 15.6. The molecule has 63 heavy (non-hydrogen) atoms. The SMILES string of the molecule is CCC[C@H](NC(=O)[C@@H]1[C@H]2CCC[C@H]2CN1C(=O)[C@@H](NC(=O)[C@@H](NC(=O)c1cnc(CC2CCCC(c3ccccc3)CC2)cn1)C1CCCCC1)C(C)(C)C)C(O)C(=O)NC1CC1. The Morgan fingerprint density at radius 3 is 2.22 bits per heavy atom. The van der Waals surface area contributed by atoms with Gasteiger partial charge in [0, 0.05) is 18.8 Å². The quantitative estimate of drug-likeness (QED) is 0.125. The summed E-state index contributed by atoms with van der Waals surface area (Å²) in [7, 11) is 0. The zero-order valence-electron chi connectivity index (χ0n) is 38.2. The topological polar surface area (TPSA) is 183 Å². The largest absolute Gasteiger partial charge is 0.381 e. The first-order chi connectivity index (χ1) is 30.3. The average Bonchev–Trinajstić information content (AvgIpc) is 3.93. The van der Waals surface area contributed by atoms with Crippen molar-refractivity contribution in [2.24, 2.45) is 29.1 Å². The predicted octanol–water partition coefficient (Wildman–Crippen LogP) is 6.14. The predicted molar refractivity (Wildman–Crippen MR) is 241 cm³/mol. The minimum Gasteiger partial charge on any atom is -0.381 e. The summed E-state index contributed by atoms with van der Waals surface area (Å²) < 4.78 is 0. The first kappa shape index (κ1) is 46.6. The first-order valence-electron chi connectivity index (χ1n) is 24.4. The van der Waals surface area contributed by atoms with E-state index in [1.54, 1.807) is 11.1 Å². The molecule has 13 heteroatoms. The molecule has 0 spiro atoms. The summed E-state index contributed by atoms with van der Waals surface area (Å²) in [6.07, 6.45) is 18.3. The summed E-state index contributed by atoms with van der Waals surface area (Å²) in [6, 6.07) is 7.37. The molecule has 4 aliphatic carbocycles. The Morgan fingerprint density at radius 1 is 0.794 bits per heavy atom. The first-order valence-corrected chi connectivity index (χ1v) is 24.4. The van der Waals surface area contributed by atoms with Gasteiger partial charge in [-0.2, -0.15) is 0 Å². The van der Waals surface area contributed by atoms with Crippen LogP contribution >= 0.6 is 0 Å². The van der Waals surface area contributed by atoms with Gasteiger partial charge in [-0.1, -0.05) is 103 Å². The van der Waals surface area contributed by atoms with Gasteiger partial charge in [0.25, 0.3) is 11.8 Å². The molecule has 0 radical (unpaired) electrons. The minimum atomic E-state index is -1.41. The van der Waals surface area contributed by atoms with E-state index >= 15 is 0 Å². The van der Waals surface area contributed by atoms with Crippen molar-refractivity contribution in [2.45, 2.75) is 186 Å². The van der Waals surface area contributed by atoms with Crippen molar-refractivity contribution in [3.8, 4) is 0 Å². The minimum absolute atomic E-state index is 0.0640. The van der Waals surface area contributed by atoms with Gasteiger partial charge in [0.2, 0.25) is 17.7 Å². The van der Waals surface area contributed by atoms with E-state index in [9.17, 15) is 29.1 Å². The second-order valence-electron chi connectivity index (χ2n) is 20.7. The Balaban J connectivity index is 1.02. The maximum Gasteiger partial charge on any atom is 0.272 e. The van der Waals surface area contributed by atoms with E-state index in [4.69, 9.17) is 0 Å². The molecular weight excluding hydrogens is 795 g/mol. The number of nitrogens with zero attached hydrogens (tertiary/aromatic N) is 3. The number of hydrogen-bond donors (Lipinski definition) is 5. The monoisotopic (exact) mass is 868 g/mol. The van der Waals surface area contributed by atoms with Crippen LogP contribution in [0.15, 0.2) is 42.7 Å². The summed E-state index contributed by atoms with van der Waals surface area (Å²) in [5.74, 6) is -1.07. The van der Waals surface area contributed by atoms with E-state index in [0.29, 0.717) is 31.2 Å². The van der Waals surface area contributed by atoms with E-state index in [-0.39, 0.29) is 41.3 Å². The number of aliphatic hydroxyl groups is 1. The van der Waals surface area contributed by atoms with Crippen molar-refractivity contribution in [1.29, 1.82) is 0 Å². The highest BCUT2D eigenvalue weighted by Crippen LogP contribution is 2.43. The van der Waals surface area contributed by atoms with Gasteiger partial charge in [-0.15, -0.1) is 0 Å². The zero-order valence-corrected chi connectivity index (χ0v) is 38.2. The van der Waals surface area contributed by atoms with Crippen LogP contribution in [-0.4, -0.2) is 92.4 Å². The van der Waals surface area contributed by atoms with Crippen LogP contribution in [0.4, 0.5) is 0 Å². The van der Waals surface area contributed by atoms with Gasteiger partial charge in [-0.05, 0) is 111 Å². The van der Waals surface area contributed by atoms with Crippen LogP contribution in [0, 0.1) is 29.1 Å². The van der Waals surface area contributed by atoms with Crippen LogP contribution in [0.25, 0.3) is 0 Å². The van der Waals surface area contributed by atoms with Crippen molar-refractivity contribution in [1.82, 2.24) is 36.1 Å². The lowest BCUT2D eigenvalue weighted by Crippen LogP contribution is -2.62. The number of amides is 5. The molecule has 3 unspecified atom stereocenters. The summed E-state index contributed by atoms with van der Waals surface area (Å²) in [5, 5.41) is 23.0. The van der Waals surface area contributed by atoms with Gasteiger partial charge in [0.1, 0.15) is 23.8 Å². The highest BCUT2D eigenvalue weighted by Gasteiger charge is 2.52. The normalized spacial score (nSPS) is 26.0. The number of aliphatic hydroxyl groups excluding tert-OH is 1. The molecule has 13 nitrogen and oxygen atoms in total. The fourth-order valence-electron chi connectivity index (χ4n) is 11.1. The number of fused-ring (bicyclic) bond motifs is 1. The van der Waals surface area contributed by atoms with Crippen molar-refractivity contribution in [3.63, 3.8) is 0 Å². The van der Waals surface area contributed by atoms with Crippen LogP contribution in [0.1, 0.15) is 165 Å². The fourth-order valence-corrected chi connectivity index (χ4v) is 11.1. The fraction of sp³-hybridized carbons (Fsp3) is 0.700. The molecule has 1 aromatic heterocycles. The maximum atomic E-state index is 14.9. The lowest BCUT2D eigenvalue weighted by atomic mass is 9.82. The Hall–Kier alpha value is -4.39. The number of hydrogen-bond acceptors (Lipinski definition) is 8. The highest BCUT2D eigenvalue weighted by molar-refractivity contribution is 5.98. The molecule has 1 aromatic carbocycles. The van der Waals surface area contributed by atoms with Crippen LogP contribution in [0.5, 0.6) is 0 Å². The van der Waals surface area contributed by atoms with E-state index in [2.05, 4.69) is 61.6 Å². The van der Waals surface area contributed by atoms with Crippen molar-refractivity contribution in [3.05, 3.63) is 59.7 Å². The van der Waals surface area contributed by atoms with Crippen molar-refractivity contribution >= 4 is 29.5 Å². The van der Waals surface area contributed by atoms with Gasteiger partial charge < -0.3 is 31.3 Å². The molecular formula is C50H73N7O6. The number of carbonyl (C=O) groups is 5. The number of likely N-dealkylation sites (tertiary alicyclic amines) is 1. The number of nitrogens with one attached hydrogen (secondary N) is 4. The van der Waals surface area contributed by atoms with E-state index in [1.807, 2.05) is 27.7 Å². The summed E-state index contributed by atoms with van der Waals surface area (Å²) in [6.45, 7) is 8.02. The number of rotatable bonds is 16. The van der Waals surface area contributed by atoms with Crippen molar-refractivity contribution in [2.75, 3.05) is 6.54 Å². The third-order valence-corrected chi connectivity index (χ3v) is 14.8. The number of benzene rings is 1. The van der Waals surface area contributed by atoms with Gasteiger partial charge in [0.15, 0.2) is 6.10 Å². The molecule has 5 aliphatic rings. The summed E-state index contributed by atoms with van der Waals surface area (Å²) in [5.41, 5.74) is 1.68. The molecule has 5 amide bonds. The molecule has 1 saturated heterocycles. The van der Waals surface area contributed by atoms with Crippen LogP contribution in [0.2, 0.25) is 0 Å². The third kappa shape index (κ3) is 11.9. The second-order valence-corrected chi connectivity index (χ2v) is 20.7. The maximum absolute atomic E-state index is 14.9. The van der Waals surface area contributed by atoms with E-state index in [0.717, 1.165) is 95.6 Å². The molecule has 2 aromatic rings. The lowest BCUT2D eigenvalue weighted by Gasteiger charge is -2.38. The van der Waals surface area contributed by atoms with E-state index < -0.39 is 53.4 Å². The van der Waals surface area contributed by atoms with Crippen LogP contribution < -0.4 is 21.3 Å². The smallest absolute Gasteiger partial charge is 0.272 e. The highest BCUT2D eigenvalue weighted by atomic mass is 16.3. The lowest BCUT2D eigenvalue weighted by molar-refractivity contribution is -0.146. The van der Waals surface area contributed by atoms with Crippen molar-refractivity contribution < 1.29 is 29.1 Å². The molecule has 5 fully saturated rings. The van der Waals surface area contributed by atoms with E-state index in [1.165, 1.54) is 24.6 Å². The van der Waals surface area contributed by atoms with Crippen LogP contribution in [-0.2, 0) is 25.6 Å². The van der Waals surface area contributed by atoms with Gasteiger partial charge in [-0.3, -0.25) is 29.0 Å². The van der Waals surface area contributed by atoms with Gasteiger partial charge in [-0.25, -0.2) is 4.98 Å². The average molecular weight is 868 g/mol. The Labute approximate surface area is 374 Å². The molecule has 1 aliphatic heterocycles. The third-order valence-electron chi connectivity index (χ3n) is 14.8. The molecule has 7 rings (SSSR count). The second kappa shape index (κ2) is 21.1. The standard InChI is InChI=1S/C50H73N7O6/c1-5-14-39(43(58)48(62)53-36-25-26-36)54-47(61)42-38-22-13-21-35(38)30-57(42)49(63)44(50(2,3)4)56-46(60)41(34-18-10-7-11-19-34)55-45(59)40-29-51-37(28-52-40)27-31-15-12-20-33(24-23-31)32-16-8-6-9-17-32/h6,8-9,16-17,28-29,31,33-36,38-39,41-44,58H,5,7,10-15,18-27,30H2,1-4H3,(H,53,62)(H,54,61)(H,55,59)(H,56,60)/t31?,33?,35-,38-,39-,41-,42-,43?,44+/m0/s1. The van der Waals surface area contributed by atoms with Crippen LogP contribution in [0.3, 0.4) is 0 Å².